The molecule has 14 heavy (non-hydrogen) atoms. The number of carbonyl (C=O) groups is 1. The van der Waals surface area contributed by atoms with Crippen LogP contribution in [0.1, 0.15) is 19.6 Å². The molecule has 0 spiro atoms. The number of thiol groups is 1. The lowest BCUT2D eigenvalue weighted by Crippen LogP contribution is -1.93. The Morgan fingerprint density at radius 2 is 2.36 bits per heavy atom. The van der Waals surface area contributed by atoms with Crippen molar-refractivity contribution in [2.45, 2.75) is 19.6 Å². The second-order valence-electron chi connectivity index (χ2n) is 2.51. The van der Waals surface area contributed by atoms with Gasteiger partial charge < -0.3 is 9.52 Å². The normalized spacial score (nSPS) is 10.4. The second-order valence-corrected chi connectivity index (χ2v) is 2.83. The molecule has 0 fully saturated rings. The van der Waals surface area contributed by atoms with Gasteiger partial charge in [-0.2, -0.15) is 12.6 Å². The van der Waals surface area contributed by atoms with Gasteiger partial charge in [0.15, 0.2) is 0 Å². The third-order valence-corrected chi connectivity index (χ3v) is 1.82. The summed E-state index contributed by atoms with van der Waals surface area (Å²) in [5.74, 6) is 0.762. The van der Waals surface area contributed by atoms with E-state index in [9.17, 15) is 4.79 Å². The predicted octanol–water partition coefficient (Wildman–Crippen LogP) is 2.75. The Morgan fingerprint density at radius 1 is 1.71 bits per heavy atom. The molecule has 0 saturated carbocycles. The molecule has 0 aliphatic rings. The number of aliphatic carboxylic acids is 1. The summed E-state index contributed by atoms with van der Waals surface area (Å²) in [6.07, 6.45) is 3.20. The van der Waals surface area contributed by atoms with Gasteiger partial charge in [-0.05, 0) is 26.0 Å². The lowest BCUT2D eigenvalue weighted by Gasteiger charge is -1.84. The van der Waals surface area contributed by atoms with Crippen LogP contribution in [0, 0.1) is 0 Å². The minimum atomic E-state index is -0.845. The quantitative estimate of drug-likeness (QED) is 0.588. The van der Waals surface area contributed by atoms with Crippen LogP contribution in [0.3, 0.4) is 0 Å². The van der Waals surface area contributed by atoms with Crippen LogP contribution >= 0.6 is 12.6 Å². The maximum Gasteiger partial charge on any atom is 0.330 e. The zero-order valence-corrected chi connectivity index (χ0v) is 9.12. The van der Waals surface area contributed by atoms with E-state index in [2.05, 4.69) is 12.6 Å². The van der Waals surface area contributed by atoms with E-state index in [0.29, 0.717) is 11.3 Å². The molecule has 3 nitrogen and oxygen atoms in total. The highest BCUT2D eigenvalue weighted by atomic mass is 32.1. The average Bonchev–Trinajstić information content (AvgIpc) is 2.69. The zero-order chi connectivity index (χ0) is 11.0. The molecule has 0 saturated heterocycles. The van der Waals surface area contributed by atoms with Crippen LogP contribution in [0.4, 0.5) is 0 Å². The van der Waals surface area contributed by atoms with Crippen LogP contribution in [0.2, 0.25) is 0 Å². The number of hydrogen-bond acceptors (Lipinski definition) is 3. The Balaban J connectivity index is 0.000000241. The Labute approximate surface area is 88.8 Å². The van der Waals surface area contributed by atoms with Gasteiger partial charge in [-0.25, -0.2) is 4.79 Å². The van der Waals surface area contributed by atoms with Crippen LogP contribution in [0.5, 0.6) is 0 Å². The molecule has 1 heterocycles. The molecule has 0 aliphatic heterocycles. The fourth-order valence-corrected chi connectivity index (χ4v) is 0.706. The molecule has 78 valence electrons. The summed E-state index contributed by atoms with van der Waals surface area (Å²) in [7, 11) is 0. The molecule has 0 amide bonds. The van der Waals surface area contributed by atoms with E-state index in [1.54, 1.807) is 26.2 Å². The van der Waals surface area contributed by atoms with Gasteiger partial charge in [-0.1, -0.05) is 6.08 Å². The van der Waals surface area contributed by atoms with E-state index in [0.717, 1.165) is 5.76 Å². The number of carboxylic acids is 1. The average molecular weight is 214 g/mol. The molecule has 0 unspecified atom stereocenters. The van der Waals surface area contributed by atoms with Crippen molar-refractivity contribution in [1.29, 1.82) is 0 Å². The van der Waals surface area contributed by atoms with Gasteiger partial charge in [-0.15, -0.1) is 0 Å². The number of rotatable bonds is 2. The summed E-state index contributed by atoms with van der Waals surface area (Å²) in [4.78, 5) is 9.86. The molecule has 1 aromatic heterocycles. The minimum Gasteiger partial charge on any atom is -0.478 e. The monoisotopic (exact) mass is 214 g/mol. The SMILES string of the molecule is C/C=C(\C)C(=O)O.SCc1ccco1. The second kappa shape index (κ2) is 7.26. The summed E-state index contributed by atoms with van der Waals surface area (Å²) >= 11 is 3.98. The Bertz CT molecular complexity index is 288. The lowest BCUT2D eigenvalue weighted by molar-refractivity contribution is -0.132. The molecular formula is C10H14O3S. The van der Waals surface area contributed by atoms with Gasteiger partial charge in [0.1, 0.15) is 5.76 Å². The first kappa shape index (κ1) is 12.8. The fraction of sp³-hybridized carbons (Fsp3) is 0.300. The smallest absolute Gasteiger partial charge is 0.330 e. The van der Waals surface area contributed by atoms with Crippen LogP contribution in [0.25, 0.3) is 0 Å². The summed E-state index contributed by atoms with van der Waals surface area (Å²) in [6.45, 7) is 3.26. The van der Waals surface area contributed by atoms with Crippen molar-refractivity contribution in [2.24, 2.45) is 0 Å². The van der Waals surface area contributed by atoms with Gasteiger partial charge >= 0.3 is 5.97 Å². The number of allylic oxidation sites excluding steroid dienone is 1. The number of furan rings is 1. The van der Waals surface area contributed by atoms with Gasteiger partial charge in [0, 0.05) is 11.3 Å². The predicted molar refractivity (Wildman–Crippen MR) is 58.5 cm³/mol. The zero-order valence-electron chi connectivity index (χ0n) is 8.23. The number of carboxylic acid groups (broad SMARTS) is 1. The first-order valence-electron chi connectivity index (χ1n) is 4.11. The van der Waals surface area contributed by atoms with Crippen LogP contribution in [-0.2, 0) is 10.5 Å². The van der Waals surface area contributed by atoms with Gasteiger partial charge in [0.2, 0.25) is 0 Å². The largest absolute Gasteiger partial charge is 0.478 e. The molecule has 0 aliphatic carbocycles. The molecule has 0 radical (unpaired) electrons. The van der Waals surface area contributed by atoms with Crippen molar-refractivity contribution in [3.05, 3.63) is 35.8 Å². The summed E-state index contributed by atoms with van der Waals surface area (Å²) in [6, 6.07) is 3.75. The minimum absolute atomic E-state index is 0.389. The molecule has 0 atom stereocenters. The third kappa shape index (κ3) is 5.48. The molecular weight excluding hydrogens is 200 g/mol. The molecule has 0 aromatic carbocycles. The highest BCUT2D eigenvalue weighted by Crippen LogP contribution is 2.01. The van der Waals surface area contributed by atoms with E-state index >= 15 is 0 Å². The lowest BCUT2D eigenvalue weighted by atomic mass is 10.3. The Hall–Kier alpha value is -1.16. The summed E-state index contributed by atoms with van der Waals surface area (Å²) in [5.41, 5.74) is 0.389. The van der Waals surface area contributed by atoms with Crippen LogP contribution in [-0.4, -0.2) is 11.1 Å². The Morgan fingerprint density at radius 3 is 2.50 bits per heavy atom. The van der Waals surface area contributed by atoms with Crippen molar-refractivity contribution in [1.82, 2.24) is 0 Å². The van der Waals surface area contributed by atoms with Gasteiger partial charge in [0.05, 0.1) is 6.26 Å². The van der Waals surface area contributed by atoms with Gasteiger partial charge in [0.25, 0.3) is 0 Å². The first-order valence-corrected chi connectivity index (χ1v) is 4.74. The van der Waals surface area contributed by atoms with E-state index < -0.39 is 5.97 Å². The number of hydrogen-bond donors (Lipinski definition) is 2. The molecule has 1 aromatic rings. The van der Waals surface area contributed by atoms with Crippen molar-refractivity contribution in [3.63, 3.8) is 0 Å². The highest BCUT2D eigenvalue weighted by Gasteiger charge is 1.93. The highest BCUT2D eigenvalue weighted by molar-refractivity contribution is 7.79. The van der Waals surface area contributed by atoms with Gasteiger partial charge in [-0.3, -0.25) is 0 Å². The van der Waals surface area contributed by atoms with Crippen molar-refractivity contribution >= 4 is 18.6 Å². The molecule has 0 bridgehead atoms. The van der Waals surface area contributed by atoms with E-state index in [-0.39, 0.29) is 0 Å². The van der Waals surface area contributed by atoms with Crippen LogP contribution < -0.4 is 0 Å². The van der Waals surface area contributed by atoms with E-state index in [1.807, 2.05) is 12.1 Å². The first-order chi connectivity index (χ1) is 6.61. The van der Waals surface area contributed by atoms with Crippen LogP contribution in [0.15, 0.2) is 34.5 Å². The van der Waals surface area contributed by atoms with E-state index in [1.165, 1.54) is 0 Å². The maximum atomic E-state index is 9.86. The Kier molecular flexibility index (Phi) is 6.66. The van der Waals surface area contributed by atoms with E-state index in [4.69, 9.17) is 9.52 Å². The fourth-order valence-electron chi connectivity index (χ4n) is 0.526. The molecule has 4 heteroatoms. The molecule has 1 rings (SSSR count). The van der Waals surface area contributed by atoms with Crippen molar-refractivity contribution in [2.75, 3.05) is 0 Å². The molecule has 1 N–H and O–H groups in total. The maximum absolute atomic E-state index is 9.86. The van der Waals surface area contributed by atoms with Crippen molar-refractivity contribution < 1.29 is 14.3 Å². The topological polar surface area (TPSA) is 50.4 Å². The summed E-state index contributed by atoms with van der Waals surface area (Å²) < 4.78 is 4.91. The van der Waals surface area contributed by atoms with Crippen molar-refractivity contribution in [3.8, 4) is 0 Å². The third-order valence-electron chi connectivity index (χ3n) is 1.51. The standard InChI is InChI=1S/C5H8O2.C5H6OS/c1-3-4(2)5(6)7;7-4-5-2-1-3-6-5/h3H,1-2H3,(H,6,7);1-3,7H,4H2/b4-3+;. The summed E-state index contributed by atoms with van der Waals surface area (Å²) in [5, 5.41) is 8.11.